The lowest BCUT2D eigenvalue weighted by molar-refractivity contribution is 0.0701. The number of aliphatic hydroxyl groups is 1. The van der Waals surface area contributed by atoms with Crippen molar-refractivity contribution in [2.24, 2.45) is 11.8 Å². The monoisotopic (exact) mass is 456 g/mol. The number of carboxylic acid groups (broad SMARTS) is 1. The van der Waals surface area contributed by atoms with E-state index in [9.17, 15) is 9.90 Å². The molecule has 0 spiro atoms. The highest BCUT2D eigenvalue weighted by Crippen LogP contribution is 2.40. The van der Waals surface area contributed by atoms with Crippen LogP contribution in [-0.2, 0) is 6.42 Å². The van der Waals surface area contributed by atoms with Gasteiger partial charge in [-0.1, -0.05) is 11.6 Å². The van der Waals surface area contributed by atoms with Crippen LogP contribution in [0.25, 0.3) is 0 Å². The predicted octanol–water partition coefficient (Wildman–Crippen LogP) is 5.72. The Kier molecular flexibility index (Phi) is 7.49. The Labute approximate surface area is 185 Å². The van der Waals surface area contributed by atoms with Gasteiger partial charge in [0.05, 0.1) is 12.7 Å². The van der Waals surface area contributed by atoms with Gasteiger partial charge < -0.3 is 14.9 Å². The van der Waals surface area contributed by atoms with Crippen LogP contribution in [0.5, 0.6) is 5.75 Å². The van der Waals surface area contributed by atoms with Gasteiger partial charge in [-0.05, 0) is 80.8 Å². The van der Waals surface area contributed by atoms with E-state index in [1.165, 1.54) is 11.3 Å². The first-order valence-corrected chi connectivity index (χ1v) is 11.4. The van der Waals surface area contributed by atoms with Gasteiger partial charge in [-0.2, -0.15) is 0 Å². The van der Waals surface area contributed by atoms with Crippen LogP contribution in [0.2, 0.25) is 5.02 Å². The summed E-state index contributed by atoms with van der Waals surface area (Å²) in [4.78, 5) is 12.4. The highest BCUT2D eigenvalue weighted by atomic mass is 35.5. The second-order valence-electron chi connectivity index (χ2n) is 7.79. The number of hydrogen-bond donors (Lipinski definition) is 2. The molecular formula is C22H26Cl2O4S. The van der Waals surface area contributed by atoms with Crippen LogP contribution in [0.1, 0.15) is 44.9 Å². The van der Waals surface area contributed by atoms with Crippen molar-refractivity contribution in [2.45, 2.75) is 51.0 Å². The SMILES string of the molecule is Cc1cc(OCC2C(O)CC(Cl)C2CCCc2ccc(C(=O)O)s2)cc(C)c1Cl. The summed E-state index contributed by atoms with van der Waals surface area (Å²) in [6.07, 6.45) is 2.68. The molecular weight excluding hydrogens is 431 g/mol. The van der Waals surface area contributed by atoms with E-state index in [0.29, 0.717) is 17.9 Å². The number of aryl methyl sites for hydroxylation is 3. The lowest BCUT2D eigenvalue weighted by Gasteiger charge is -2.24. The van der Waals surface area contributed by atoms with E-state index in [2.05, 4.69) is 0 Å². The Morgan fingerprint density at radius 2 is 1.93 bits per heavy atom. The third-order valence-corrected chi connectivity index (χ3v) is 7.89. The third kappa shape index (κ3) is 5.46. The summed E-state index contributed by atoms with van der Waals surface area (Å²) in [5, 5.41) is 20.2. The fraction of sp³-hybridized carbons (Fsp3) is 0.500. The lowest BCUT2D eigenvalue weighted by atomic mass is 9.90. The van der Waals surface area contributed by atoms with Crippen molar-refractivity contribution in [3.05, 3.63) is 50.2 Å². The number of benzene rings is 1. The summed E-state index contributed by atoms with van der Waals surface area (Å²) in [5.74, 6) is 0.0193. The molecule has 1 saturated carbocycles. The summed E-state index contributed by atoms with van der Waals surface area (Å²) < 4.78 is 6.01. The van der Waals surface area contributed by atoms with E-state index in [4.69, 9.17) is 33.0 Å². The smallest absolute Gasteiger partial charge is 0.345 e. The topological polar surface area (TPSA) is 66.8 Å². The summed E-state index contributed by atoms with van der Waals surface area (Å²) >= 11 is 14.1. The largest absolute Gasteiger partial charge is 0.493 e. The van der Waals surface area contributed by atoms with Crippen LogP contribution >= 0.6 is 34.5 Å². The number of thiophene rings is 1. The molecule has 4 atom stereocenters. The Bertz CT molecular complexity index is 843. The van der Waals surface area contributed by atoms with Gasteiger partial charge in [-0.3, -0.25) is 0 Å². The number of aromatic carboxylic acids is 1. The van der Waals surface area contributed by atoms with Crippen LogP contribution in [0.15, 0.2) is 24.3 Å². The Hall–Kier alpha value is -1.27. The molecule has 2 aromatic rings. The van der Waals surface area contributed by atoms with Gasteiger partial charge in [0.25, 0.3) is 0 Å². The summed E-state index contributed by atoms with van der Waals surface area (Å²) in [6, 6.07) is 7.36. The first kappa shape index (κ1) is 22.4. The van der Waals surface area contributed by atoms with Crippen molar-refractivity contribution in [3.63, 3.8) is 0 Å². The predicted molar refractivity (Wildman–Crippen MR) is 118 cm³/mol. The van der Waals surface area contributed by atoms with Gasteiger partial charge >= 0.3 is 5.97 Å². The molecule has 3 rings (SSSR count). The molecule has 2 N–H and O–H groups in total. The van der Waals surface area contributed by atoms with Crippen LogP contribution in [0.3, 0.4) is 0 Å². The highest BCUT2D eigenvalue weighted by Gasteiger charge is 2.41. The molecule has 0 bridgehead atoms. The molecule has 0 radical (unpaired) electrons. The normalized spacial score (nSPS) is 24.0. The number of carbonyl (C=O) groups is 1. The zero-order valence-electron chi connectivity index (χ0n) is 16.5. The molecule has 1 fully saturated rings. The molecule has 4 unspecified atom stereocenters. The zero-order chi connectivity index (χ0) is 21.1. The Morgan fingerprint density at radius 1 is 1.24 bits per heavy atom. The fourth-order valence-corrected chi connectivity index (χ4v) is 5.58. The molecule has 7 heteroatoms. The second kappa shape index (κ2) is 9.69. The van der Waals surface area contributed by atoms with Crippen LogP contribution < -0.4 is 4.74 Å². The van der Waals surface area contributed by atoms with Gasteiger partial charge in [0.2, 0.25) is 0 Å². The van der Waals surface area contributed by atoms with Gasteiger partial charge in [0.15, 0.2) is 0 Å². The fourth-order valence-electron chi connectivity index (χ4n) is 4.08. The number of rotatable bonds is 8. The molecule has 29 heavy (non-hydrogen) atoms. The number of hydrogen-bond acceptors (Lipinski definition) is 4. The van der Waals surface area contributed by atoms with Crippen LogP contribution in [0.4, 0.5) is 0 Å². The first-order chi connectivity index (χ1) is 13.8. The molecule has 0 amide bonds. The van der Waals surface area contributed by atoms with E-state index in [1.807, 2.05) is 32.0 Å². The minimum Gasteiger partial charge on any atom is -0.493 e. The minimum absolute atomic E-state index is 0.0216. The zero-order valence-corrected chi connectivity index (χ0v) is 18.9. The number of aliphatic hydroxyl groups excluding tert-OH is 1. The average molecular weight is 457 g/mol. The summed E-state index contributed by atoms with van der Waals surface area (Å²) in [5.41, 5.74) is 1.94. The molecule has 1 aromatic heterocycles. The number of halogens is 2. The average Bonchev–Trinajstić information content (AvgIpc) is 3.23. The van der Waals surface area contributed by atoms with Crippen LogP contribution in [0, 0.1) is 25.7 Å². The highest BCUT2D eigenvalue weighted by molar-refractivity contribution is 7.13. The third-order valence-electron chi connectivity index (χ3n) is 5.66. The Balaban J connectivity index is 1.57. The summed E-state index contributed by atoms with van der Waals surface area (Å²) in [6.45, 7) is 4.31. The van der Waals surface area contributed by atoms with E-state index in [1.54, 1.807) is 6.07 Å². The van der Waals surface area contributed by atoms with Crippen molar-refractivity contribution < 1.29 is 19.7 Å². The van der Waals surface area contributed by atoms with Gasteiger partial charge in [-0.25, -0.2) is 4.79 Å². The summed E-state index contributed by atoms with van der Waals surface area (Å²) in [7, 11) is 0. The maximum atomic E-state index is 11.0. The van der Waals surface area contributed by atoms with Crippen molar-refractivity contribution in [3.8, 4) is 5.75 Å². The second-order valence-corrected chi connectivity index (χ2v) is 9.90. The van der Waals surface area contributed by atoms with Crippen molar-refractivity contribution in [1.29, 1.82) is 0 Å². The van der Waals surface area contributed by atoms with Gasteiger partial charge in [0, 0.05) is 21.2 Å². The number of carboxylic acids is 1. The molecule has 158 valence electrons. The quantitative estimate of drug-likeness (QED) is 0.498. The maximum absolute atomic E-state index is 11.0. The molecule has 1 heterocycles. The standard InChI is InChI=1S/C22H26Cl2O4S/c1-12-8-14(9-13(2)21(12)24)28-11-17-16(18(23)10-19(17)25)5-3-4-15-6-7-20(29-15)22(26)27/h6-9,16-19,25H,3-5,10-11H2,1-2H3,(H,26,27). The number of alkyl halides is 1. The van der Waals surface area contributed by atoms with Crippen LogP contribution in [-0.4, -0.2) is 34.3 Å². The van der Waals surface area contributed by atoms with E-state index in [-0.39, 0.29) is 17.2 Å². The van der Waals surface area contributed by atoms with Crippen molar-refractivity contribution in [2.75, 3.05) is 6.61 Å². The van der Waals surface area contributed by atoms with Crippen molar-refractivity contribution in [1.82, 2.24) is 0 Å². The molecule has 0 saturated heterocycles. The lowest BCUT2D eigenvalue weighted by Crippen LogP contribution is -2.27. The molecule has 4 nitrogen and oxygen atoms in total. The van der Waals surface area contributed by atoms with Gasteiger partial charge in [0.1, 0.15) is 10.6 Å². The maximum Gasteiger partial charge on any atom is 0.345 e. The molecule has 1 aliphatic carbocycles. The molecule has 1 aliphatic rings. The Morgan fingerprint density at radius 3 is 2.55 bits per heavy atom. The van der Waals surface area contributed by atoms with E-state index in [0.717, 1.165) is 46.0 Å². The molecule has 1 aromatic carbocycles. The number of ether oxygens (including phenoxy) is 1. The first-order valence-electron chi connectivity index (χ1n) is 9.80. The van der Waals surface area contributed by atoms with Crippen molar-refractivity contribution >= 4 is 40.5 Å². The van der Waals surface area contributed by atoms with Gasteiger partial charge in [-0.15, -0.1) is 22.9 Å². The molecule has 0 aliphatic heterocycles. The van der Waals surface area contributed by atoms with E-state index >= 15 is 0 Å². The van der Waals surface area contributed by atoms with E-state index < -0.39 is 12.1 Å². The minimum atomic E-state index is -0.883.